The molecule has 7 atom stereocenters. The van der Waals surface area contributed by atoms with Crippen LogP contribution >= 0.6 is 0 Å². The Morgan fingerprint density at radius 3 is 2.12 bits per heavy atom. The summed E-state index contributed by atoms with van der Waals surface area (Å²) in [4.78, 5) is 74.6. The summed E-state index contributed by atoms with van der Waals surface area (Å²) in [6.07, 6.45) is 10.3. The predicted octanol–water partition coefficient (Wildman–Crippen LogP) is 6.47. The number of ether oxygens (including phenoxy) is 1. The molecule has 2 N–H and O–H groups in total. The zero-order valence-corrected chi connectivity index (χ0v) is 37.5. The van der Waals surface area contributed by atoms with Crippen LogP contribution in [-0.4, -0.2) is 85.7 Å². The minimum Gasteiger partial charge on any atom is -0.367 e. The van der Waals surface area contributed by atoms with E-state index in [0.717, 1.165) is 64.2 Å². The van der Waals surface area contributed by atoms with Gasteiger partial charge in [0, 0.05) is 50.9 Å². The molecule has 0 radical (unpaired) electrons. The molecule has 4 saturated carbocycles. The lowest BCUT2D eigenvalue weighted by molar-refractivity contribution is -0.147. The lowest BCUT2D eigenvalue weighted by Crippen LogP contribution is -2.52. The number of amides is 3. The largest absolute Gasteiger partial charge is 0.367 e. The van der Waals surface area contributed by atoms with E-state index in [1.165, 1.54) is 11.4 Å². The van der Waals surface area contributed by atoms with Gasteiger partial charge in [0.15, 0.2) is 17.7 Å². The minimum atomic E-state index is -4.07. The molecule has 6 fully saturated rings. The standard InChI is InChI=1S/C47H68N4O8S/c1-8-33-27-45(33,42(56)49-60(57,58)50-24-15-16-25-50)29-37(53)35-28-47(44(5,6)46(47)22-17-23-46)30-51(35)41(55)34(43(2,3)4)26-36(52)38(31-18-11-9-12-19-31)48-40(54)39(59-7)32-20-13-10-14-21-32/h8,10,13-14,20-21,31,33-35,38-39H,1,9,11-12,15-19,22-30H2,2-7H3,(H,48,54)(H,49,56)/t33-,34-,35+,38+,39+,45-,47-/m1/s1. The average Bonchev–Trinajstić information content (AvgIpc) is 3.64. The van der Waals surface area contributed by atoms with Crippen molar-refractivity contribution in [3.63, 3.8) is 0 Å². The third-order valence-electron chi connectivity index (χ3n) is 16.5. The molecule has 0 aromatic heterocycles. The van der Waals surface area contributed by atoms with Crippen LogP contribution in [-0.2, 0) is 38.9 Å². The van der Waals surface area contributed by atoms with E-state index in [0.29, 0.717) is 38.0 Å². The van der Waals surface area contributed by atoms with Gasteiger partial charge >= 0.3 is 10.2 Å². The summed E-state index contributed by atoms with van der Waals surface area (Å²) in [6, 6.07) is 7.55. The van der Waals surface area contributed by atoms with Gasteiger partial charge in [0.05, 0.1) is 17.5 Å². The number of carbonyl (C=O) groups is 5. The normalized spacial score (nSPS) is 29.9. The Kier molecular flexibility index (Phi) is 12.2. The van der Waals surface area contributed by atoms with E-state index >= 15 is 4.79 Å². The van der Waals surface area contributed by atoms with Gasteiger partial charge in [-0.25, -0.2) is 4.72 Å². The topological polar surface area (TPSA) is 159 Å². The molecule has 7 rings (SSSR count). The van der Waals surface area contributed by atoms with Crippen molar-refractivity contribution in [2.75, 3.05) is 26.7 Å². The second-order valence-electron chi connectivity index (χ2n) is 20.7. The molecule has 2 aliphatic heterocycles. The SMILES string of the molecule is C=C[C@@H]1C[C@]1(CC(=O)[C@@H]1C[C@@]2(CN1C(=O)[C@@H](CC(=O)[C@@H](NC(=O)[C@@H](OC)c1ccccc1)C1CCCCC1)C(C)(C)C)C(C)(C)C21CCC1)C(=O)NS(=O)(=O)N1CCCC1. The first-order valence-electron chi connectivity index (χ1n) is 22.5. The summed E-state index contributed by atoms with van der Waals surface area (Å²) >= 11 is 0. The van der Waals surface area contributed by atoms with E-state index in [1.54, 1.807) is 11.0 Å². The Bertz CT molecular complexity index is 1960. The minimum absolute atomic E-state index is 0.00963. The predicted molar refractivity (Wildman–Crippen MR) is 228 cm³/mol. The molecule has 4 aliphatic carbocycles. The fraction of sp³-hybridized carbons (Fsp3) is 0.723. The van der Waals surface area contributed by atoms with Gasteiger partial charge in [-0.1, -0.05) is 96.7 Å². The number of fused-ring (bicyclic) bond motifs is 1. The Morgan fingerprint density at radius 1 is 0.933 bits per heavy atom. The van der Waals surface area contributed by atoms with E-state index in [4.69, 9.17) is 4.74 Å². The second-order valence-corrected chi connectivity index (χ2v) is 22.4. The van der Waals surface area contributed by atoms with E-state index in [9.17, 15) is 27.6 Å². The first-order valence-corrected chi connectivity index (χ1v) is 23.9. The van der Waals surface area contributed by atoms with Gasteiger partial charge in [-0.3, -0.25) is 24.0 Å². The maximum atomic E-state index is 15.4. The Morgan fingerprint density at radius 2 is 1.58 bits per heavy atom. The second kappa shape index (κ2) is 16.4. The van der Waals surface area contributed by atoms with Gasteiger partial charge in [-0.2, -0.15) is 12.7 Å². The van der Waals surface area contributed by atoms with Gasteiger partial charge in [0.2, 0.25) is 11.8 Å². The smallest absolute Gasteiger partial charge is 0.303 e. The van der Waals surface area contributed by atoms with E-state index in [1.807, 2.05) is 51.1 Å². The maximum absolute atomic E-state index is 15.4. The Balaban J connectivity index is 1.16. The van der Waals surface area contributed by atoms with Crippen molar-refractivity contribution in [3.8, 4) is 0 Å². The third kappa shape index (κ3) is 7.60. The van der Waals surface area contributed by atoms with Gasteiger partial charge in [0.25, 0.3) is 5.91 Å². The van der Waals surface area contributed by atoms with Gasteiger partial charge in [-0.05, 0) is 85.0 Å². The molecule has 2 heterocycles. The molecule has 13 heteroatoms. The molecule has 6 aliphatic rings. The molecule has 2 saturated heterocycles. The van der Waals surface area contributed by atoms with Crippen LogP contribution in [0.3, 0.4) is 0 Å². The molecular weight excluding hydrogens is 781 g/mol. The highest BCUT2D eigenvalue weighted by atomic mass is 32.2. The van der Waals surface area contributed by atoms with Crippen LogP contribution in [0.4, 0.5) is 0 Å². The molecule has 60 heavy (non-hydrogen) atoms. The number of hydrogen-bond acceptors (Lipinski definition) is 8. The summed E-state index contributed by atoms with van der Waals surface area (Å²) in [5, 5.41) is 3.09. The van der Waals surface area contributed by atoms with Crippen molar-refractivity contribution < 1.29 is 37.1 Å². The van der Waals surface area contributed by atoms with Crippen molar-refractivity contribution in [2.24, 2.45) is 44.8 Å². The van der Waals surface area contributed by atoms with Crippen molar-refractivity contribution in [1.29, 1.82) is 0 Å². The summed E-state index contributed by atoms with van der Waals surface area (Å²) in [7, 11) is -2.60. The zero-order chi connectivity index (χ0) is 43.5. The fourth-order valence-corrected chi connectivity index (χ4v) is 13.7. The number of nitrogens with one attached hydrogen (secondary N) is 2. The van der Waals surface area contributed by atoms with Crippen LogP contribution < -0.4 is 10.0 Å². The molecule has 1 aromatic rings. The number of ketones is 2. The van der Waals surface area contributed by atoms with E-state index < -0.39 is 57.0 Å². The summed E-state index contributed by atoms with van der Waals surface area (Å²) in [6.45, 7) is 15.3. The number of allylic oxidation sites excluding steroid dienone is 1. The van der Waals surface area contributed by atoms with Crippen LogP contribution in [0.15, 0.2) is 43.0 Å². The highest BCUT2D eigenvalue weighted by Gasteiger charge is 2.85. The molecular formula is C47H68N4O8S. The van der Waals surface area contributed by atoms with Crippen molar-refractivity contribution >= 4 is 39.5 Å². The van der Waals surface area contributed by atoms with Crippen molar-refractivity contribution in [2.45, 2.75) is 143 Å². The fourth-order valence-electron chi connectivity index (χ4n) is 12.4. The van der Waals surface area contributed by atoms with E-state index in [-0.39, 0.29) is 58.4 Å². The van der Waals surface area contributed by atoms with Crippen molar-refractivity contribution in [3.05, 3.63) is 48.6 Å². The van der Waals surface area contributed by atoms with Gasteiger partial charge in [-0.15, -0.1) is 6.58 Å². The first-order chi connectivity index (χ1) is 28.3. The number of nitrogens with zero attached hydrogens (tertiary/aromatic N) is 2. The van der Waals surface area contributed by atoms with Gasteiger partial charge < -0.3 is 15.0 Å². The number of likely N-dealkylation sites (tertiary alicyclic amines) is 1. The third-order valence-corrected chi connectivity index (χ3v) is 18.0. The number of benzene rings is 1. The van der Waals surface area contributed by atoms with E-state index in [2.05, 4.69) is 30.5 Å². The molecule has 2 spiro atoms. The summed E-state index contributed by atoms with van der Waals surface area (Å²) < 4.78 is 35.7. The lowest BCUT2D eigenvalue weighted by atomic mass is 9.73. The number of rotatable bonds is 16. The van der Waals surface area contributed by atoms with Crippen LogP contribution in [0, 0.1) is 44.8 Å². The highest BCUT2D eigenvalue weighted by Crippen LogP contribution is 2.88. The monoisotopic (exact) mass is 848 g/mol. The number of Topliss-reactive ketones (excluding diaryl/α,β-unsaturated/α-hetero) is 2. The summed E-state index contributed by atoms with van der Waals surface area (Å²) in [5.74, 6) is -3.07. The molecule has 12 nitrogen and oxygen atoms in total. The number of carbonyl (C=O) groups excluding carboxylic acids is 5. The highest BCUT2D eigenvalue weighted by molar-refractivity contribution is 7.87. The number of methoxy groups -OCH3 is 1. The molecule has 1 aromatic carbocycles. The molecule has 330 valence electrons. The van der Waals surface area contributed by atoms with Crippen LogP contribution in [0.25, 0.3) is 0 Å². The quantitative estimate of drug-likeness (QED) is 0.179. The van der Waals surface area contributed by atoms with Crippen LogP contribution in [0.2, 0.25) is 0 Å². The van der Waals surface area contributed by atoms with Crippen LogP contribution in [0.1, 0.15) is 136 Å². The maximum Gasteiger partial charge on any atom is 0.303 e. The van der Waals surface area contributed by atoms with Crippen molar-refractivity contribution in [1.82, 2.24) is 19.2 Å². The molecule has 0 unspecified atom stereocenters. The zero-order valence-electron chi connectivity index (χ0n) is 36.7. The molecule has 0 bridgehead atoms. The van der Waals surface area contributed by atoms with Crippen LogP contribution in [0.5, 0.6) is 0 Å². The first kappa shape index (κ1) is 44.6. The molecule has 3 amide bonds. The lowest BCUT2D eigenvalue weighted by Gasteiger charge is -2.37. The average molecular weight is 849 g/mol. The summed E-state index contributed by atoms with van der Waals surface area (Å²) in [5.41, 5.74) is -1.67. The van der Waals surface area contributed by atoms with Gasteiger partial charge in [0.1, 0.15) is 0 Å². The Labute approximate surface area is 357 Å². The Hall–Kier alpha value is -3.42. The number of hydrogen-bond donors (Lipinski definition) is 2.